The van der Waals surface area contributed by atoms with Gasteiger partial charge >= 0.3 is 0 Å². The van der Waals surface area contributed by atoms with Crippen molar-refractivity contribution in [3.8, 4) is 0 Å². The number of benzene rings is 1. The van der Waals surface area contributed by atoms with Crippen LogP contribution in [0.25, 0.3) is 5.57 Å². The summed E-state index contributed by atoms with van der Waals surface area (Å²) in [6.45, 7) is 14.9. The Kier molecular flexibility index (Phi) is 9.65. The topological polar surface area (TPSA) is 26.0 Å². The van der Waals surface area contributed by atoms with Gasteiger partial charge in [0.1, 0.15) is 0 Å². The summed E-state index contributed by atoms with van der Waals surface area (Å²) in [5.74, 6) is 1.08. The van der Waals surface area contributed by atoms with Crippen molar-refractivity contribution in [3.63, 3.8) is 0 Å². The number of allylic oxidation sites excluding steroid dienone is 4. The summed E-state index contributed by atoms with van der Waals surface area (Å²) in [6, 6.07) is 8.53. The summed E-state index contributed by atoms with van der Waals surface area (Å²) in [4.78, 5) is 0. The van der Waals surface area contributed by atoms with Gasteiger partial charge in [0.25, 0.3) is 0 Å². The van der Waals surface area contributed by atoms with Crippen LogP contribution in [0.3, 0.4) is 0 Å². The first-order valence-corrected chi connectivity index (χ1v) is 10.2. The molecule has 0 amide bonds. The van der Waals surface area contributed by atoms with Crippen LogP contribution in [-0.2, 0) is 0 Å². The molecule has 1 aliphatic rings. The first-order valence-electron chi connectivity index (χ1n) is 10.2. The zero-order chi connectivity index (χ0) is 19.6. The van der Waals surface area contributed by atoms with Gasteiger partial charge in [0.2, 0.25) is 0 Å². The smallest absolute Gasteiger partial charge is 0.0220 e. The fraction of sp³-hybridized carbons (Fsp3) is 0.520. The minimum Gasteiger partial charge on any atom is -0.325 e. The predicted molar refractivity (Wildman–Crippen MR) is 118 cm³/mol. The molecule has 1 heteroatoms. The second kappa shape index (κ2) is 11.2. The molecular formula is C25H39N. The monoisotopic (exact) mass is 353 g/mol. The van der Waals surface area contributed by atoms with Crippen molar-refractivity contribution in [2.24, 2.45) is 17.6 Å². The van der Waals surface area contributed by atoms with Gasteiger partial charge in [-0.2, -0.15) is 0 Å². The molecule has 0 bridgehead atoms. The first kappa shape index (κ1) is 22.4. The van der Waals surface area contributed by atoms with E-state index >= 15 is 0 Å². The summed E-state index contributed by atoms with van der Waals surface area (Å²) in [7, 11) is 0. The molecular weight excluding hydrogens is 314 g/mol. The van der Waals surface area contributed by atoms with E-state index in [0.29, 0.717) is 11.8 Å². The molecule has 0 saturated heterocycles. The van der Waals surface area contributed by atoms with E-state index in [1.807, 2.05) is 0 Å². The highest BCUT2D eigenvalue weighted by Crippen LogP contribution is 2.31. The van der Waals surface area contributed by atoms with Crippen molar-refractivity contribution in [2.75, 3.05) is 0 Å². The minimum atomic E-state index is 0.0325. The molecule has 1 nitrogen and oxygen atoms in total. The van der Waals surface area contributed by atoms with E-state index in [1.54, 1.807) is 0 Å². The molecule has 1 atom stereocenters. The van der Waals surface area contributed by atoms with Crippen LogP contribution in [-0.4, -0.2) is 5.54 Å². The Bertz CT molecular complexity index is 583. The van der Waals surface area contributed by atoms with E-state index in [4.69, 9.17) is 5.73 Å². The van der Waals surface area contributed by atoms with Crippen LogP contribution in [0.5, 0.6) is 0 Å². The normalized spacial score (nSPS) is 16.3. The van der Waals surface area contributed by atoms with Crippen LogP contribution in [0.15, 0.2) is 55.1 Å². The standard InChI is InChI=1S/C13H23N.C12H16/c1-3-10-13(14,11-4-2)12-8-6-5-7-9-12;1-9(2)11(4)12-7-5-10(3)6-8-12/h5-8,12H,3-4,9-11,14H2,1-2H3;5-9H,4H2,1-3H3. The second-order valence-corrected chi connectivity index (χ2v) is 7.93. The van der Waals surface area contributed by atoms with Crippen LogP contribution < -0.4 is 5.73 Å². The molecule has 2 N–H and O–H groups in total. The summed E-state index contributed by atoms with van der Waals surface area (Å²) < 4.78 is 0. The van der Waals surface area contributed by atoms with Crippen molar-refractivity contribution in [1.29, 1.82) is 0 Å². The van der Waals surface area contributed by atoms with E-state index in [0.717, 1.165) is 19.3 Å². The van der Waals surface area contributed by atoms with Gasteiger partial charge in [0.15, 0.2) is 0 Å². The summed E-state index contributed by atoms with van der Waals surface area (Å²) in [5, 5.41) is 0. The highest BCUT2D eigenvalue weighted by atomic mass is 14.8. The maximum Gasteiger partial charge on any atom is 0.0220 e. The van der Waals surface area contributed by atoms with Crippen molar-refractivity contribution < 1.29 is 0 Å². The van der Waals surface area contributed by atoms with Crippen molar-refractivity contribution in [2.45, 2.75) is 72.3 Å². The number of hydrogen-bond donors (Lipinski definition) is 1. The Morgan fingerprint density at radius 3 is 2.12 bits per heavy atom. The molecule has 1 aliphatic carbocycles. The van der Waals surface area contributed by atoms with Gasteiger partial charge in [-0.05, 0) is 49.2 Å². The maximum atomic E-state index is 6.51. The zero-order valence-corrected chi connectivity index (χ0v) is 17.6. The Balaban J connectivity index is 0.000000263. The Morgan fingerprint density at radius 2 is 1.69 bits per heavy atom. The van der Waals surface area contributed by atoms with Crippen LogP contribution in [0.4, 0.5) is 0 Å². The molecule has 0 heterocycles. The van der Waals surface area contributed by atoms with E-state index in [2.05, 4.69) is 89.8 Å². The molecule has 0 saturated carbocycles. The van der Waals surface area contributed by atoms with Gasteiger partial charge in [-0.15, -0.1) is 0 Å². The van der Waals surface area contributed by atoms with Gasteiger partial charge in [-0.25, -0.2) is 0 Å². The van der Waals surface area contributed by atoms with Gasteiger partial charge in [-0.1, -0.05) is 101 Å². The molecule has 1 aromatic rings. The number of hydrogen-bond acceptors (Lipinski definition) is 1. The van der Waals surface area contributed by atoms with Gasteiger partial charge in [-0.3, -0.25) is 0 Å². The summed E-state index contributed by atoms with van der Waals surface area (Å²) in [5.41, 5.74) is 10.3. The van der Waals surface area contributed by atoms with Crippen molar-refractivity contribution >= 4 is 5.57 Å². The largest absolute Gasteiger partial charge is 0.325 e. The molecule has 0 aromatic heterocycles. The number of aryl methyl sites for hydroxylation is 1. The molecule has 0 radical (unpaired) electrons. The van der Waals surface area contributed by atoms with Gasteiger partial charge in [0.05, 0.1) is 0 Å². The molecule has 2 rings (SSSR count). The Labute approximate surface area is 162 Å². The fourth-order valence-electron chi connectivity index (χ4n) is 3.53. The summed E-state index contributed by atoms with van der Waals surface area (Å²) in [6.07, 6.45) is 14.5. The van der Waals surface area contributed by atoms with E-state index in [1.165, 1.54) is 29.5 Å². The van der Waals surface area contributed by atoms with Crippen LogP contribution >= 0.6 is 0 Å². The van der Waals surface area contributed by atoms with Gasteiger partial charge in [0, 0.05) is 5.54 Å². The number of nitrogens with two attached hydrogens (primary N) is 1. The minimum absolute atomic E-state index is 0.0325. The summed E-state index contributed by atoms with van der Waals surface area (Å²) >= 11 is 0. The quantitative estimate of drug-likeness (QED) is 0.557. The van der Waals surface area contributed by atoms with E-state index in [9.17, 15) is 0 Å². The van der Waals surface area contributed by atoms with Gasteiger partial charge < -0.3 is 5.73 Å². The second-order valence-electron chi connectivity index (χ2n) is 7.93. The maximum absolute atomic E-state index is 6.51. The number of rotatable bonds is 7. The molecule has 0 spiro atoms. The molecule has 144 valence electrons. The molecule has 26 heavy (non-hydrogen) atoms. The van der Waals surface area contributed by atoms with Crippen LogP contribution in [0.2, 0.25) is 0 Å². The predicted octanol–water partition coefficient (Wildman–Crippen LogP) is 7.08. The van der Waals surface area contributed by atoms with Crippen LogP contribution in [0.1, 0.15) is 70.9 Å². The Hall–Kier alpha value is -1.60. The SMILES string of the molecule is C=C(c1ccc(C)cc1)C(C)C.CCCC(N)(CCC)C1C=CC=CC1. The zero-order valence-electron chi connectivity index (χ0n) is 17.6. The lowest BCUT2D eigenvalue weighted by Crippen LogP contribution is -2.46. The first-order chi connectivity index (χ1) is 12.3. The van der Waals surface area contributed by atoms with Crippen molar-refractivity contribution in [3.05, 3.63) is 66.3 Å². The average molecular weight is 354 g/mol. The average Bonchev–Trinajstić information content (AvgIpc) is 2.63. The lowest BCUT2D eigenvalue weighted by Gasteiger charge is -2.36. The fourth-order valence-corrected chi connectivity index (χ4v) is 3.53. The molecule has 0 aliphatic heterocycles. The highest BCUT2D eigenvalue weighted by molar-refractivity contribution is 5.64. The van der Waals surface area contributed by atoms with E-state index < -0.39 is 0 Å². The molecule has 1 unspecified atom stereocenters. The van der Waals surface area contributed by atoms with Crippen LogP contribution in [0, 0.1) is 18.8 Å². The third-order valence-corrected chi connectivity index (χ3v) is 5.27. The van der Waals surface area contributed by atoms with E-state index in [-0.39, 0.29) is 5.54 Å². The third kappa shape index (κ3) is 6.96. The Morgan fingerprint density at radius 1 is 1.12 bits per heavy atom. The van der Waals surface area contributed by atoms with Crippen molar-refractivity contribution in [1.82, 2.24) is 0 Å². The third-order valence-electron chi connectivity index (χ3n) is 5.27. The lowest BCUT2D eigenvalue weighted by atomic mass is 9.75. The molecule has 1 aromatic carbocycles. The highest BCUT2D eigenvalue weighted by Gasteiger charge is 2.31. The lowest BCUT2D eigenvalue weighted by molar-refractivity contribution is 0.271. The molecule has 0 fully saturated rings.